The molecule has 0 N–H and O–H groups in total. The van der Waals surface area contributed by atoms with Gasteiger partial charge in [-0.3, -0.25) is 0 Å². The minimum absolute atomic E-state index is 0.187. The minimum atomic E-state index is -3.60. The topological polar surface area (TPSA) is 56.8 Å². The summed E-state index contributed by atoms with van der Waals surface area (Å²) in [6.45, 7) is 11.8. The number of hydrogen-bond acceptors (Lipinski definition) is 5. The molecule has 1 aromatic heterocycles. The molecule has 0 atom stereocenters. The van der Waals surface area contributed by atoms with E-state index in [9.17, 15) is 17.2 Å². The van der Waals surface area contributed by atoms with Gasteiger partial charge in [-0.2, -0.15) is 4.31 Å². The molecular weight excluding hydrogens is 458 g/mol. The van der Waals surface area contributed by atoms with Gasteiger partial charge in [-0.05, 0) is 74.7 Å². The SMILES string of the molecule is CC(C)(C)CCN1CCC2(CC1)CCN(S(=O)(=O)c1ccc(N3CCC(F)(F)CC3)nc1)CC2. The average Bonchev–Trinajstić information content (AvgIpc) is 2.79. The van der Waals surface area contributed by atoms with Gasteiger partial charge in [0.2, 0.25) is 10.0 Å². The number of sulfonamides is 1. The van der Waals surface area contributed by atoms with Crippen LogP contribution >= 0.6 is 0 Å². The van der Waals surface area contributed by atoms with Gasteiger partial charge >= 0.3 is 0 Å². The molecule has 34 heavy (non-hydrogen) atoms. The van der Waals surface area contributed by atoms with Crippen molar-refractivity contribution in [2.24, 2.45) is 10.8 Å². The number of hydrogen-bond donors (Lipinski definition) is 0. The second-order valence-corrected chi connectivity index (χ2v) is 13.7. The summed E-state index contributed by atoms with van der Waals surface area (Å²) in [5.41, 5.74) is 0.618. The molecule has 1 spiro atoms. The van der Waals surface area contributed by atoms with E-state index in [1.807, 2.05) is 0 Å². The Morgan fingerprint density at radius 1 is 0.912 bits per heavy atom. The summed E-state index contributed by atoms with van der Waals surface area (Å²) in [7, 11) is -3.60. The lowest BCUT2D eigenvalue weighted by Gasteiger charge is -2.46. The second-order valence-electron chi connectivity index (χ2n) is 11.8. The van der Waals surface area contributed by atoms with Gasteiger partial charge in [0.05, 0.1) is 0 Å². The highest BCUT2D eigenvalue weighted by Gasteiger charge is 2.41. The zero-order chi connectivity index (χ0) is 24.6. The quantitative estimate of drug-likeness (QED) is 0.593. The van der Waals surface area contributed by atoms with Gasteiger partial charge in [0.15, 0.2) is 0 Å². The molecule has 0 saturated carbocycles. The Morgan fingerprint density at radius 3 is 2.03 bits per heavy atom. The summed E-state index contributed by atoms with van der Waals surface area (Å²) < 4.78 is 54.9. The summed E-state index contributed by atoms with van der Waals surface area (Å²) in [5.74, 6) is -2.06. The molecule has 3 saturated heterocycles. The first-order valence-corrected chi connectivity index (χ1v) is 14.1. The Labute approximate surface area is 203 Å². The van der Waals surface area contributed by atoms with Crippen LogP contribution in [0.4, 0.5) is 14.6 Å². The van der Waals surface area contributed by atoms with E-state index >= 15 is 0 Å². The van der Waals surface area contributed by atoms with E-state index in [1.165, 1.54) is 12.6 Å². The van der Waals surface area contributed by atoms with Crippen molar-refractivity contribution in [3.8, 4) is 0 Å². The molecule has 0 bridgehead atoms. The van der Waals surface area contributed by atoms with E-state index < -0.39 is 15.9 Å². The molecule has 0 radical (unpaired) electrons. The molecule has 3 aliphatic heterocycles. The van der Waals surface area contributed by atoms with Crippen molar-refractivity contribution in [1.82, 2.24) is 14.2 Å². The van der Waals surface area contributed by atoms with Crippen molar-refractivity contribution in [3.05, 3.63) is 18.3 Å². The third-order valence-corrected chi connectivity index (χ3v) is 9.94. The lowest BCUT2D eigenvalue weighted by atomic mass is 9.71. The number of aromatic nitrogens is 1. The van der Waals surface area contributed by atoms with Crippen LogP contribution in [-0.2, 0) is 10.0 Å². The number of halogens is 2. The van der Waals surface area contributed by atoms with Gasteiger partial charge in [0, 0.05) is 45.2 Å². The van der Waals surface area contributed by atoms with Crippen LogP contribution in [0.15, 0.2) is 23.2 Å². The fourth-order valence-electron chi connectivity index (χ4n) is 5.37. The maximum absolute atomic E-state index is 13.4. The molecule has 6 nitrogen and oxygen atoms in total. The average molecular weight is 499 g/mol. The van der Waals surface area contributed by atoms with Crippen LogP contribution in [0.1, 0.15) is 65.7 Å². The van der Waals surface area contributed by atoms with Crippen molar-refractivity contribution < 1.29 is 17.2 Å². The van der Waals surface area contributed by atoms with Crippen LogP contribution in [-0.4, -0.2) is 74.3 Å². The van der Waals surface area contributed by atoms with E-state index in [0.717, 1.165) is 45.3 Å². The lowest BCUT2D eigenvalue weighted by Crippen LogP contribution is -2.48. The Bertz CT molecular complexity index is 919. The number of pyridine rings is 1. The molecule has 0 aliphatic carbocycles. The third-order valence-electron chi connectivity index (χ3n) is 8.06. The highest BCUT2D eigenvalue weighted by atomic mass is 32.2. The van der Waals surface area contributed by atoms with Gasteiger partial charge in [-0.1, -0.05) is 20.8 Å². The lowest BCUT2D eigenvalue weighted by molar-refractivity contribution is -0.0221. The Hall–Kier alpha value is -1.32. The van der Waals surface area contributed by atoms with Crippen LogP contribution in [0.3, 0.4) is 0 Å². The summed E-state index contributed by atoms with van der Waals surface area (Å²) in [6, 6.07) is 3.22. The molecule has 0 amide bonds. The summed E-state index contributed by atoms with van der Waals surface area (Å²) in [4.78, 5) is 8.86. The Kier molecular flexibility index (Phi) is 7.29. The third kappa shape index (κ3) is 6.08. The predicted octanol–water partition coefficient (Wildman–Crippen LogP) is 4.62. The minimum Gasteiger partial charge on any atom is -0.356 e. The summed E-state index contributed by atoms with van der Waals surface area (Å²) in [5, 5.41) is 0. The maximum Gasteiger partial charge on any atom is 0.251 e. The van der Waals surface area contributed by atoms with E-state index in [0.29, 0.717) is 24.3 Å². The molecular formula is C25H40F2N4O2S. The van der Waals surface area contributed by atoms with Crippen molar-refractivity contribution >= 4 is 15.8 Å². The van der Waals surface area contributed by atoms with Gasteiger partial charge < -0.3 is 9.80 Å². The van der Waals surface area contributed by atoms with Crippen molar-refractivity contribution in [1.29, 1.82) is 0 Å². The molecule has 4 rings (SSSR count). The molecule has 1 aromatic rings. The molecule has 9 heteroatoms. The molecule has 0 aromatic carbocycles. The van der Waals surface area contributed by atoms with Crippen molar-refractivity contribution in [2.45, 2.75) is 76.5 Å². The molecule has 3 fully saturated rings. The number of anilines is 1. The maximum atomic E-state index is 13.4. The van der Waals surface area contributed by atoms with Gasteiger partial charge in [-0.25, -0.2) is 22.2 Å². The van der Waals surface area contributed by atoms with E-state index in [-0.39, 0.29) is 36.2 Å². The molecule has 0 unspecified atom stereocenters. The van der Waals surface area contributed by atoms with Gasteiger partial charge in [0.25, 0.3) is 5.92 Å². The standard InChI is InChI=1S/C25H40F2N4O2S/c1-23(2,3)6-13-29-14-7-24(8-15-29)9-18-31(19-10-24)34(32,33)21-4-5-22(28-20-21)30-16-11-25(26,27)12-17-30/h4-5,20H,6-19H2,1-3H3. The van der Waals surface area contributed by atoms with Crippen LogP contribution in [0, 0.1) is 10.8 Å². The Morgan fingerprint density at radius 2 is 1.50 bits per heavy atom. The fourth-order valence-corrected chi connectivity index (χ4v) is 6.76. The monoisotopic (exact) mass is 498 g/mol. The number of rotatable bonds is 5. The molecule has 192 valence electrons. The highest BCUT2D eigenvalue weighted by Crippen LogP contribution is 2.42. The number of alkyl halides is 2. The smallest absolute Gasteiger partial charge is 0.251 e. The Balaban J connectivity index is 1.30. The van der Waals surface area contributed by atoms with Crippen LogP contribution < -0.4 is 4.90 Å². The van der Waals surface area contributed by atoms with Gasteiger partial charge in [0.1, 0.15) is 10.7 Å². The van der Waals surface area contributed by atoms with Crippen LogP contribution in [0.25, 0.3) is 0 Å². The normalized spacial score (nSPS) is 24.4. The van der Waals surface area contributed by atoms with E-state index in [4.69, 9.17) is 0 Å². The largest absolute Gasteiger partial charge is 0.356 e. The van der Waals surface area contributed by atoms with Gasteiger partial charge in [-0.15, -0.1) is 0 Å². The first-order valence-electron chi connectivity index (χ1n) is 12.7. The number of piperidine rings is 3. The predicted molar refractivity (Wildman–Crippen MR) is 131 cm³/mol. The van der Waals surface area contributed by atoms with Crippen LogP contribution in [0.5, 0.6) is 0 Å². The zero-order valence-corrected chi connectivity index (χ0v) is 21.7. The highest BCUT2D eigenvalue weighted by molar-refractivity contribution is 7.89. The molecule has 4 heterocycles. The van der Waals surface area contributed by atoms with Crippen molar-refractivity contribution in [3.63, 3.8) is 0 Å². The fraction of sp³-hybridized carbons (Fsp3) is 0.800. The molecule has 3 aliphatic rings. The van der Waals surface area contributed by atoms with Crippen molar-refractivity contribution in [2.75, 3.05) is 50.7 Å². The summed E-state index contributed by atoms with van der Waals surface area (Å²) >= 11 is 0. The summed E-state index contributed by atoms with van der Waals surface area (Å²) in [6.07, 6.45) is 6.31. The van der Waals surface area contributed by atoms with E-state index in [2.05, 4.69) is 30.7 Å². The van der Waals surface area contributed by atoms with Crippen LogP contribution in [0.2, 0.25) is 0 Å². The zero-order valence-electron chi connectivity index (χ0n) is 20.9. The first-order chi connectivity index (χ1) is 15.9. The number of likely N-dealkylation sites (tertiary alicyclic amines) is 1. The van der Waals surface area contributed by atoms with E-state index in [1.54, 1.807) is 21.3 Å². The first kappa shape index (κ1) is 25.8. The number of nitrogens with zero attached hydrogens (tertiary/aromatic N) is 4. The second kappa shape index (κ2) is 9.62.